The third-order valence-corrected chi connectivity index (χ3v) is 10.6. The van der Waals surface area contributed by atoms with E-state index < -0.39 is 82.3 Å². The number of rotatable bonds is 5. The van der Waals surface area contributed by atoms with Gasteiger partial charge in [-0.3, -0.25) is 9.59 Å². The highest BCUT2D eigenvalue weighted by Crippen LogP contribution is 2.64. The zero-order valence-corrected chi connectivity index (χ0v) is 25.9. The van der Waals surface area contributed by atoms with Gasteiger partial charge in [-0.25, -0.2) is 9.59 Å². The second-order valence-corrected chi connectivity index (χ2v) is 12.9. The van der Waals surface area contributed by atoms with Crippen molar-refractivity contribution in [1.29, 1.82) is 0 Å². The quantitative estimate of drug-likeness (QED) is 0.283. The number of fused-ring (bicyclic) bond motifs is 5. The Hall–Kier alpha value is -3.32. The largest absolute Gasteiger partial charge is 0.509 e. The van der Waals surface area contributed by atoms with Gasteiger partial charge in [0.25, 0.3) is 0 Å². The van der Waals surface area contributed by atoms with E-state index in [1.807, 2.05) is 0 Å². The van der Waals surface area contributed by atoms with E-state index in [9.17, 15) is 24.6 Å². The predicted molar refractivity (Wildman–Crippen MR) is 151 cm³/mol. The van der Waals surface area contributed by atoms with E-state index in [0.29, 0.717) is 5.57 Å². The number of hydrogen-bond donors (Lipinski definition) is 2. The zero-order valence-electron chi connectivity index (χ0n) is 25.9. The summed E-state index contributed by atoms with van der Waals surface area (Å²) in [5.74, 6) is -3.41. The highest BCUT2D eigenvalue weighted by Gasteiger charge is 2.78. The van der Waals surface area contributed by atoms with Crippen molar-refractivity contribution in [3.8, 4) is 0 Å². The normalized spacial score (nSPS) is 39.0. The first kappa shape index (κ1) is 32.1. The molecule has 2 N–H and O–H groups in total. The van der Waals surface area contributed by atoms with Crippen LogP contribution < -0.4 is 0 Å². The third kappa shape index (κ3) is 4.40. The average molecular weight is 617 g/mol. The minimum Gasteiger partial charge on any atom is -0.455 e. The molecule has 3 fully saturated rings. The molecule has 1 aliphatic heterocycles. The number of Topliss-reactive ketones (excluding diaryl/α,β-unsaturated/α-hetero) is 1. The maximum atomic E-state index is 15.1. The van der Waals surface area contributed by atoms with E-state index in [1.165, 1.54) is 14.0 Å². The molecule has 4 aliphatic rings. The van der Waals surface area contributed by atoms with E-state index in [4.69, 9.17) is 28.4 Å². The van der Waals surface area contributed by atoms with Crippen molar-refractivity contribution in [2.75, 3.05) is 20.8 Å². The first-order valence-electron chi connectivity index (χ1n) is 14.6. The monoisotopic (exact) mass is 616 g/mol. The van der Waals surface area contributed by atoms with E-state index in [1.54, 1.807) is 58.0 Å². The van der Waals surface area contributed by atoms with Crippen LogP contribution in [0.15, 0.2) is 41.5 Å². The van der Waals surface area contributed by atoms with Crippen molar-refractivity contribution in [2.24, 2.45) is 16.7 Å². The highest BCUT2D eigenvalue weighted by molar-refractivity contribution is 5.95. The fourth-order valence-corrected chi connectivity index (χ4v) is 8.20. The molecule has 9 atom stereocenters. The number of aliphatic hydroxyl groups is 2. The Morgan fingerprint density at radius 2 is 1.70 bits per heavy atom. The lowest BCUT2D eigenvalue weighted by molar-refractivity contribution is -0.347. The number of ketones is 1. The predicted octanol–water partition coefficient (Wildman–Crippen LogP) is 2.53. The second kappa shape index (κ2) is 10.9. The fourth-order valence-electron chi connectivity index (χ4n) is 8.20. The molecule has 12 nitrogen and oxygen atoms in total. The molecule has 240 valence electrons. The molecular weight excluding hydrogens is 576 g/mol. The summed E-state index contributed by atoms with van der Waals surface area (Å²) in [6.45, 7) is 7.50. The number of esters is 2. The van der Waals surface area contributed by atoms with Crippen LogP contribution in [-0.4, -0.2) is 96.6 Å². The van der Waals surface area contributed by atoms with Crippen LogP contribution in [0, 0.1) is 16.7 Å². The van der Waals surface area contributed by atoms with Crippen LogP contribution in [0.4, 0.5) is 4.79 Å². The molecule has 1 aromatic carbocycles. The summed E-state index contributed by atoms with van der Waals surface area (Å²) in [7, 11) is 2.51. The van der Waals surface area contributed by atoms with Crippen molar-refractivity contribution >= 4 is 23.9 Å². The molecular formula is C32H40O12. The molecule has 12 heteroatoms. The van der Waals surface area contributed by atoms with Crippen molar-refractivity contribution in [2.45, 2.75) is 89.2 Å². The van der Waals surface area contributed by atoms with Gasteiger partial charge in [0, 0.05) is 32.3 Å². The van der Waals surface area contributed by atoms with Gasteiger partial charge < -0.3 is 38.6 Å². The highest BCUT2D eigenvalue weighted by atomic mass is 16.7. The van der Waals surface area contributed by atoms with Gasteiger partial charge in [-0.15, -0.1) is 0 Å². The van der Waals surface area contributed by atoms with Crippen molar-refractivity contribution in [3.63, 3.8) is 0 Å². The van der Waals surface area contributed by atoms with Gasteiger partial charge in [-0.05, 0) is 37.1 Å². The number of benzene rings is 1. The lowest BCUT2D eigenvalue weighted by atomic mass is 9.44. The summed E-state index contributed by atoms with van der Waals surface area (Å²) >= 11 is 0. The van der Waals surface area contributed by atoms with E-state index >= 15 is 4.79 Å². The van der Waals surface area contributed by atoms with Crippen LogP contribution in [0.3, 0.4) is 0 Å². The average Bonchev–Trinajstić information content (AvgIpc) is 2.97. The minimum atomic E-state index is -2.10. The number of carbonyl (C=O) groups excluding carboxylic acids is 4. The Labute approximate surface area is 255 Å². The number of methoxy groups -OCH3 is 2. The molecule has 44 heavy (non-hydrogen) atoms. The van der Waals surface area contributed by atoms with Gasteiger partial charge in [0.05, 0.1) is 42.8 Å². The molecule has 5 rings (SSSR count). The topological polar surface area (TPSA) is 164 Å². The summed E-state index contributed by atoms with van der Waals surface area (Å²) in [6.07, 6.45) is -7.57. The van der Waals surface area contributed by atoms with Crippen molar-refractivity contribution < 1.29 is 57.8 Å². The van der Waals surface area contributed by atoms with Crippen LogP contribution in [0.5, 0.6) is 0 Å². The van der Waals surface area contributed by atoms with Gasteiger partial charge in [0.1, 0.15) is 17.8 Å². The van der Waals surface area contributed by atoms with Crippen molar-refractivity contribution in [3.05, 3.63) is 47.0 Å². The number of aliphatic hydroxyl groups excluding tert-OH is 1. The summed E-state index contributed by atoms with van der Waals surface area (Å²) in [4.78, 5) is 54.2. The lowest BCUT2D eigenvalue weighted by Crippen LogP contribution is -2.82. The Kier molecular flexibility index (Phi) is 7.97. The third-order valence-electron chi connectivity index (χ3n) is 10.6. The SMILES string of the molecule is COC(=O)O[C@H]1C(=O)[C@]2(C)[C@@H](OC)C[C@H]3OC[C@@]3(OC(C)=O)[C@H]2[C@H](OC(=O)c2ccccc2)[C@]2(O)C[C@H](O)C(C)=C1C2(C)C. The van der Waals surface area contributed by atoms with Gasteiger partial charge >= 0.3 is 18.1 Å². The van der Waals surface area contributed by atoms with Crippen LogP contribution in [0.25, 0.3) is 0 Å². The van der Waals surface area contributed by atoms with Gasteiger partial charge in [-0.1, -0.05) is 32.0 Å². The van der Waals surface area contributed by atoms with Crippen LogP contribution in [0.2, 0.25) is 0 Å². The maximum Gasteiger partial charge on any atom is 0.509 e. The molecule has 1 saturated heterocycles. The molecule has 0 spiro atoms. The van der Waals surface area contributed by atoms with E-state index in [-0.39, 0.29) is 30.6 Å². The second-order valence-electron chi connectivity index (χ2n) is 12.9. The smallest absolute Gasteiger partial charge is 0.455 e. The maximum absolute atomic E-state index is 15.1. The summed E-state index contributed by atoms with van der Waals surface area (Å²) in [6, 6.07) is 8.14. The Morgan fingerprint density at radius 3 is 2.25 bits per heavy atom. The number of ether oxygens (including phenoxy) is 6. The van der Waals surface area contributed by atoms with Gasteiger partial charge in [-0.2, -0.15) is 0 Å². The molecule has 1 aromatic rings. The van der Waals surface area contributed by atoms with Crippen LogP contribution in [0.1, 0.15) is 57.8 Å². The number of carbonyl (C=O) groups is 4. The lowest BCUT2D eigenvalue weighted by Gasteiger charge is -2.67. The van der Waals surface area contributed by atoms with Gasteiger partial charge in [0.15, 0.2) is 17.5 Å². The molecule has 0 aromatic heterocycles. The van der Waals surface area contributed by atoms with Gasteiger partial charge in [0.2, 0.25) is 0 Å². The Bertz CT molecular complexity index is 1390. The summed E-state index contributed by atoms with van der Waals surface area (Å²) < 4.78 is 34.6. The molecule has 1 heterocycles. The van der Waals surface area contributed by atoms with Crippen molar-refractivity contribution in [1.82, 2.24) is 0 Å². The number of hydrogen-bond acceptors (Lipinski definition) is 12. The first-order chi connectivity index (χ1) is 20.6. The minimum absolute atomic E-state index is 0.106. The first-order valence-corrected chi connectivity index (χ1v) is 14.6. The molecule has 2 saturated carbocycles. The Balaban J connectivity index is 1.85. The fraction of sp³-hybridized carbons (Fsp3) is 0.625. The van der Waals surface area contributed by atoms with E-state index in [2.05, 4.69) is 0 Å². The molecule has 3 aliphatic carbocycles. The molecule has 0 amide bonds. The van der Waals surface area contributed by atoms with E-state index in [0.717, 1.165) is 7.11 Å². The summed E-state index contributed by atoms with van der Waals surface area (Å²) in [5, 5.41) is 24.4. The Morgan fingerprint density at radius 1 is 1.05 bits per heavy atom. The molecule has 0 radical (unpaired) electrons. The summed E-state index contributed by atoms with van der Waals surface area (Å²) in [5.41, 5.74) is -6.15. The molecule has 0 unspecified atom stereocenters. The zero-order chi connectivity index (χ0) is 32.4. The van der Waals surface area contributed by atoms with Crippen LogP contribution in [-0.2, 0) is 38.0 Å². The van der Waals surface area contributed by atoms with Crippen LogP contribution >= 0.6 is 0 Å². The molecule has 2 bridgehead atoms. The standard InChI is InChI=1S/C32H40O12/c1-16-19(34)14-32(38)26(43-27(36)18-11-9-8-10-12-18)24-30(5,20(39-6)13-21-31(24,15-41-21)44-17(2)33)25(35)23(42-28(37)40-7)22(16)29(32,3)4/h8-12,19-21,23-24,26,34,38H,13-15H2,1-7H3/t19-,20-,21+,23+,24-,26-,30+,31-,32+/m0/s1.